The van der Waals surface area contributed by atoms with Gasteiger partial charge < -0.3 is 19.5 Å². The first kappa shape index (κ1) is 17.8. The van der Waals surface area contributed by atoms with Crippen molar-refractivity contribution >= 4 is 11.8 Å². The van der Waals surface area contributed by atoms with Crippen LogP contribution in [0.4, 0.5) is 23.8 Å². The molecular weight excluding hydrogens is 331 g/mol. The molecule has 2 rings (SSSR count). The molecule has 2 amide bonds. The Balaban J connectivity index is 1.99. The molecule has 0 saturated heterocycles. The molecule has 0 fully saturated rings. The SMILES string of the molecule is Cc1cc(NC(=O)NCC[C@@](O)(c2nccn2C)C(F)(F)F)no1. The number of anilines is 1. The Morgan fingerprint density at radius 3 is 2.67 bits per heavy atom. The maximum absolute atomic E-state index is 13.3. The number of hydrogen-bond donors (Lipinski definition) is 3. The molecule has 2 aromatic rings. The van der Waals surface area contributed by atoms with E-state index in [0.29, 0.717) is 5.76 Å². The minimum absolute atomic E-state index is 0.125. The van der Waals surface area contributed by atoms with E-state index in [1.807, 2.05) is 0 Å². The first-order chi connectivity index (χ1) is 11.1. The summed E-state index contributed by atoms with van der Waals surface area (Å²) in [6.07, 6.45) is -3.31. The maximum Gasteiger partial charge on any atom is 0.424 e. The Labute approximate surface area is 134 Å². The molecule has 0 aliphatic rings. The molecule has 132 valence electrons. The van der Waals surface area contributed by atoms with Crippen molar-refractivity contribution in [3.8, 4) is 0 Å². The van der Waals surface area contributed by atoms with Crippen LogP contribution in [0.15, 0.2) is 23.0 Å². The van der Waals surface area contributed by atoms with Gasteiger partial charge in [0.1, 0.15) is 11.6 Å². The lowest BCUT2D eigenvalue weighted by atomic mass is 9.97. The molecule has 0 aliphatic heterocycles. The first-order valence-corrected chi connectivity index (χ1v) is 6.88. The van der Waals surface area contributed by atoms with Crippen LogP contribution >= 0.6 is 0 Å². The van der Waals surface area contributed by atoms with Crippen LogP contribution in [-0.2, 0) is 12.6 Å². The van der Waals surface area contributed by atoms with E-state index in [9.17, 15) is 23.1 Å². The third-order valence-corrected chi connectivity index (χ3v) is 3.30. The molecule has 0 aliphatic carbocycles. The number of aliphatic hydroxyl groups is 1. The standard InChI is InChI=1S/C13H16F3N5O3/c1-8-7-9(20-24-8)19-11(22)18-4-3-12(23,13(14,15)16)10-17-5-6-21(10)2/h5-7,23H,3-4H2,1-2H3,(H2,18,19,20,22)/t12-/m1/s1. The highest BCUT2D eigenvalue weighted by molar-refractivity contribution is 5.88. The zero-order valence-electron chi connectivity index (χ0n) is 12.9. The Bertz CT molecular complexity index is 712. The van der Waals surface area contributed by atoms with Gasteiger partial charge in [-0.25, -0.2) is 9.78 Å². The van der Waals surface area contributed by atoms with Crippen molar-refractivity contribution in [3.05, 3.63) is 30.0 Å². The van der Waals surface area contributed by atoms with Crippen molar-refractivity contribution in [3.63, 3.8) is 0 Å². The highest BCUT2D eigenvalue weighted by atomic mass is 19.4. The van der Waals surface area contributed by atoms with Crippen LogP contribution in [0.5, 0.6) is 0 Å². The molecule has 1 atom stereocenters. The molecule has 2 heterocycles. The molecule has 0 radical (unpaired) electrons. The lowest BCUT2D eigenvalue weighted by Gasteiger charge is -2.29. The average Bonchev–Trinajstić information content (AvgIpc) is 3.06. The van der Waals surface area contributed by atoms with Crippen molar-refractivity contribution in [2.75, 3.05) is 11.9 Å². The predicted molar refractivity (Wildman–Crippen MR) is 76.0 cm³/mol. The largest absolute Gasteiger partial charge is 0.424 e. The topological polar surface area (TPSA) is 105 Å². The molecular formula is C13H16F3N5O3. The molecule has 0 aromatic carbocycles. The highest BCUT2D eigenvalue weighted by Crippen LogP contribution is 2.40. The van der Waals surface area contributed by atoms with Gasteiger partial charge >= 0.3 is 12.2 Å². The van der Waals surface area contributed by atoms with Crippen molar-refractivity contribution in [1.82, 2.24) is 20.0 Å². The van der Waals surface area contributed by atoms with Crippen LogP contribution in [-0.4, -0.2) is 38.6 Å². The van der Waals surface area contributed by atoms with Crippen molar-refractivity contribution in [2.24, 2.45) is 7.05 Å². The van der Waals surface area contributed by atoms with Gasteiger partial charge in [0.05, 0.1) is 0 Å². The Kier molecular flexibility index (Phi) is 4.83. The summed E-state index contributed by atoms with van der Waals surface area (Å²) < 4.78 is 45.6. The first-order valence-electron chi connectivity index (χ1n) is 6.88. The Morgan fingerprint density at radius 2 is 2.17 bits per heavy atom. The fourth-order valence-corrected chi connectivity index (χ4v) is 2.09. The van der Waals surface area contributed by atoms with Gasteiger partial charge in [-0.2, -0.15) is 13.2 Å². The van der Waals surface area contributed by atoms with E-state index in [2.05, 4.69) is 20.8 Å². The van der Waals surface area contributed by atoms with Gasteiger partial charge in [0.2, 0.25) is 5.60 Å². The van der Waals surface area contributed by atoms with Gasteiger partial charge in [-0.05, 0) is 6.92 Å². The summed E-state index contributed by atoms with van der Waals surface area (Å²) in [5.74, 6) is 0.0380. The van der Waals surface area contributed by atoms with Gasteiger partial charge in [-0.3, -0.25) is 5.32 Å². The van der Waals surface area contributed by atoms with Gasteiger partial charge in [-0.1, -0.05) is 5.16 Å². The van der Waals surface area contributed by atoms with Gasteiger partial charge in [-0.15, -0.1) is 0 Å². The molecule has 0 bridgehead atoms. The Hall–Kier alpha value is -2.56. The minimum atomic E-state index is -4.95. The normalized spacial score (nSPS) is 14.2. The van der Waals surface area contributed by atoms with Crippen LogP contribution < -0.4 is 10.6 Å². The van der Waals surface area contributed by atoms with E-state index in [1.54, 1.807) is 6.92 Å². The Morgan fingerprint density at radius 1 is 1.46 bits per heavy atom. The number of carbonyl (C=O) groups is 1. The second kappa shape index (κ2) is 6.51. The molecule has 0 unspecified atom stereocenters. The number of nitrogens with one attached hydrogen (secondary N) is 2. The summed E-state index contributed by atoms with van der Waals surface area (Å²) in [6, 6.07) is 0.673. The number of amides is 2. The number of aromatic nitrogens is 3. The number of halogens is 3. The number of imidazole rings is 1. The van der Waals surface area contributed by atoms with E-state index in [1.165, 1.54) is 19.3 Å². The van der Waals surface area contributed by atoms with Crippen molar-refractivity contribution in [1.29, 1.82) is 0 Å². The monoisotopic (exact) mass is 347 g/mol. The molecule has 3 N–H and O–H groups in total. The summed E-state index contributed by atoms with van der Waals surface area (Å²) in [5, 5.41) is 18.1. The van der Waals surface area contributed by atoms with Crippen LogP contribution in [0.2, 0.25) is 0 Å². The summed E-state index contributed by atoms with van der Waals surface area (Å²) in [7, 11) is 1.34. The number of urea groups is 1. The summed E-state index contributed by atoms with van der Waals surface area (Å²) in [5.41, 5.74) is -3.18. The maximum atomic E-state index is 13.3. The molecule has 11 heteroatoms. The zero-order chi connectivity index (χ0) is 18.0. The van der Waals surface area contributed by atoms with Crippen LogP contribution in [0.25, 0.3) is 0 Å². The van der Waals surface area contributed by atoms with Crippen LogP contribution in [0, 0.1) is 6.92 Å². The smallest absolute Gasteiger partial charge is 0.374 e. The molecule has 0 saturated carbocycles. The number of hydrogen-bond acceptors (Lipinski definition) is 5. The fraction of sp³-hybridized carbons (Fsp3) is 0.462. The lowest BCUT2D eigenvalue weighted by Crippen LogP contribution is -2.47. The van der Waals surface area contributed by atoms with E-state index < -0.39 is 36.6 Å². The van der Waals surface area contributed by atoms with Gasteiger partial charge in [0, 0.05) is 38.5 Å². The average molecular weight is 347 g/mol. The van der Waals surface area contributed by atoms with Crippen molar-refractivity contribution in [2.45, 2.75) is 25.1 Å². The highest BCUT2D eigenvalue weighted by Gasteiger charge is 2.57. The summed E-state index contributed by atoms with van der Waals surface area (Å²) in [4.78, 5) is 15.2. The minimum Gasteiger partial charge on any atom is -0.374 e. The number of carbonyl (C=O) groups excluding carboxylic acids is 1. The number of nitrogens with zero attached hydrogens (tertiary/aromatic N) is 3. The van der Waals surface area contributed by atoms with Crippen LogP contribution in [0.3, 0.4) is 0 Å². The third-order valence-electron chi connectivity index (χ3n) is 3.30. The van der Waals surface area contributed by atoms with Crippen LogP contribution in [0.1, 0.15) is 18.0 Å². The predicted octanol–water partition coefficient (Wildman–Crippen LogP) is 1.68. The van der Waals surface area contributed by atoms with E-state index in [0.717, 1.165) is 10.8 Å². The van der Waals surface area contributed by atoms with E-state index in [4.69, 9.17) is 4.52 Å². The summed E-state index contributed by atoms with van der Waals surface area (Å²) in [6.45, 7) is 1.18. The van der Waals surface area contributed by atoms with Crippen molar-refractivity contribution < 1.29 is 27.6 Å². The third kappa shape index (κ3) is 3.67. The quantitative estimate of drug-likeness (QED) is 0.763. The molecule has 0 spiro atoms. The van der Waals surface area contributed by atoms with E-state index >= 15 is 0 Å². The number of alkyl halides is 3. The number of aryl methyl sites for hydroxylation is 2. The molecule has 8 nitrogen and oxygen atoms in total. The fourth-order valence-electron chi connectivity index (χ4n) is 2.09. The lowest BCUT2D eigenvalue weighted by molar-refractivity contribution is -0.272. The second-order valence-corrected chi connectivity index (χ2v) is 5.17. The van der Waals surface area contributed by atoms with Gasteiger partial charge in [0.25, 0.3) is 0 Å². The zero-order valence-corrected chi connectivity index (χ0v) is 12.9. The molecule has 24 heavy (non-hydrogen) atoms. The summed E-state index contributed by atoms with van der Waals surface area (Å²) >= 11 is 0. The number of rotatable bonds is 5. The van der Waals surface area contributed by atoms with E-state index in [-0.39, 0.29) is 5.82 Å². The molecule has 2 aromatic heterocycles. The second-order valence-electron chi connectivity index (χ2n) is 5.17. The van der Waals surface area contributed by atoms with Gasteiger partial charge in [0.15, 0.2) is 5.82 Å².